The number of carbonyl (C=O) groups is 1. The smallest absolute Gasteiger partial charge is 0.341 e. The van der Waals surface area contributed by atoms with Gasteiger partial charge >= 0.3 is 5.97 Å². The molecular formula is C17H15ClFN5O3S. The number of allylic oxidation sites excluding steroid dienone is 1. The van der Waals surface area contributed by atoms with Crippen LogP contribution in [0.4, 0.5) is 4.39 Å². The average molecular weight is 424 g/mol. The van der Waals surface area contributed by atoms with Crippen LogP contribution < -0.4 is 11.2 Å². The number of pyridine rings is 2. The molecule has 0 aromatic carbocycles. The van der Waals surface area contributed by atoms with Crippen LogP contribution >= 0.6 is 24.1 Å². The number of aromatic carboxylic acids is 1. The number of carboxylic acids is 1. The summed E-state index contributed by atoms with van der Waals surface area (Å²) in [5, 5.41) is 9.19. The summed E-state index contributed by atoms with van der Waals surface area (Å²) in [6.07, 6.45) is 6.58. The van der Waals surface area contributed by atoms with E-state index in [-0.39, 0.29) is 35.2 Å². The van der Waals surface area contributed by atoms with Crippen LogP contribution in [0.5, 0.6) is 0 Å². The van der Waals surface area contributed by atoms with Gasteiger partial charge in [-0.25, -0.2) is 14.2 Å². The van der Waals surface area contributed by atoms with Crippen LogP contribution in [0.1, 0.15) is 35.3 Å². The first-order valence-electron chi connectivity index (χ1n) is 8.19. The number of nitrogens with two attached hydrogens (primary N) is 1. The van der Waals surface area contributed by atoms with Crippen molar-refractivity contribution in [3.63, 3.8) is 0 Å². The second kappa shape index (κ2) is 7.74. The molecule has 3 N–H and O–H groups in total. The first-order chi connectivity index (χ1) is 13.0. The maximum absolute atomic E-state index is 14.8. The van der Waals surface area contributed by atoms with Crippen LogP contribution in [0.3, 0.4) is 0 Å². The van der Waals surface area contributed by atoms with E-state index in [9.17, 15) is 19.1 Å². The van der Waals surface area contributed by atoms with Gasteiger partial charge in [-0.2, -0.15) is 8.75 Å². The summed E-state index contributed by atoms with van der Waals surface area (Å²) in [7, 11) is 0. The molecular weight excluding hydrogens is 409 g/mol. The molecule has 0 spiro atoms. The third-order valence-electron chi connectivity index (χ3n) is 4.46. The fraction of sp³-hybridized carbons (Fsp3) is 0.235. The van der Waals surface area contributed by atoms with E-state index in [0.29, 0.717) is 17.8 Å². The van der Waals surface area contributed by atoms with Gasteiger partial charge in [0, 0.05) is 12.2 Å². The molecule has 0 aliphatic heterocycles. The molecule has 3 aromatic heterocycles. The number of fused-ring (bicyclic) bond motifs is 1. The fourth-order valence-corrected chi connectivity index (χ4v) is 3.60. The number of nitrogens with zero attached hydrogens (tertiary/aromatic N) is 4. The molecule has 1 unspecified atom stereocenters. The molecule has 0 saturated carbocycles. The van der Waals surface area contributed by atoms with Crippen LogP contribution in [0.25, 0.3) is 22.4 Å². The number of halogens is 2. The summed E-state index contributed by atoms with van der Waals surface area (Å²) in [4.78, 5) is 28.3. The lowest BCUT2D eigenvalue weighted by Crippen LogP contribution is -2.22. The van der Waals surface area contributed by atoms with Crippen LogP contribution in [0.2, 0.25) is 0 Å². The third kappa shape index (κ3) is 3.41. The number of hydrogen-bond donors (Lipinski definition) is 2. The van der Waals surface area contributed by atoms with Gasteiger partial charge in [-0.3, -0.25) is 9.36 Å². The maximum atomic E-state index is 14.8. The van der Waals surface area contributed by atoms with E-state index in [1.54, 1.807) is 6.08 Å². The average Bonchev–Trinajstić information content (AvgIpc) is 3.16. The molecule has 1 aliphatic carbocycles. The van der Waals surface area contributed by atoms with Crippen molar-refractivity contribution < 1.29 is 14.3 Å². The zero-order chi connectivity index (χ0) is 19.1. The lowest BCUT2D eigenvalue weighted by atomic mass is 9.93. The molecule has 146 valence electrons. The lowest BCUT2D eigenvalue weighted by Gasteiger charge is -2.18. The molecule has 0 radical (unpaired) electrons. The van der Waals surface area contributed by atoms with Crippen molar-refractivity contribution >= 4 is 46.7 Å². The van der Waals surface area contributed by atoms with Crippen LogP contribution in [-0.2, 0) is 0 Å². The van der Waals surface area contributed by atoms with Crippen LogP contribution in [0.15, 0.2) is 29.3 Å². The Morgan fingerprint density at radius 2 is 2.21 bits per heavy atom. The van der Waals surface area contributed by atoms with Gasteiger partial charge < -0.3 is 10.8 Å². The maximum Gasteiger partial charge on any atom is 0.341 e. The Morgan fingerprint density at radius 3 is 2.86 bits per heavy atom. The predicted molar refractivity (Wildman–Crippen MR) is 105 cm³/mol. The molecule has 0 fully saturated rings. The lowest BCUT2D eigenvalue weighted by molar-refractivity contribution is 0.0695. The van der Waals surface area contributed by atoms with Crippen molar-refractivity contribution in [1.29, 1.82) is 0 Å². The predicted octanol–water partition coefficient (Wildman–Crippen LogP) is 2.39. The minimum Gasteiger partial charge on any atom is -0.477 e. The minimum atomic E-state index is -1.41. The Bertz CT molecular complexity index is 1150. The Hall–Kier alpha value is -2.69. The van der Waals surface area contributed by atoms with Crippen molar-refractivity contribution in [3.8, 4) is 5.82 Å². The topological polar surface area (TPSA) is 124 Å². The monoisotopic (exact) mass is 423 g/mol. The quantitative estimate of drug-likeness (QED) is 0.662. The van der Waals surface area contributed by atoms with Gasteiger partial charge in [-0.1, -0.05) is 6.08 Å². The Kier molecular flexibility index (Phi) is 5.54. The number of rotatable bonds is 3. The van der Waals surface area contributed by atoms with E-state index in [2.05, 4.69) is 13.7 Å². The highest BCUT2D eigenvalue weighted by Crippen LogP contribution is 2.29. The van der Waals surface area contributed by atoms with Gasteiger partial charge in [0.1, 0.15) is 17.1 Å². The van der Waals surface area contributed by atoms with Gasteiger partial charge in [0.15, 0.2) is 11.5 Å². The van der Waals surface area contributed by atoms with Crippen molar-refractivity contribution in [2.75, 3.05) is 0 Å². The second-order valence-electron chi connectivity index (χ2n) is 6.25. The zero-order valence-corrected chi connectivity index (χ0v) is 16.0. The first kappa shape index (κ1) is 20.1. The number of aromatic nitrogens is 4. The van der Waals surface area contributed by atoms with Gasteiger partial charge in [0.05, 0.1) is 23.3 Å². The SMILES string of the molecule is Cl.NC1C=C(c2nc3c(cc2F)c(=O)c(C(=O)O)cn3-c2cnsn2)CCC1. The summed E-state index contributed by atoms with van der Waals surface area (Å²) >= 11 is 0.921. The van der Waals surface area contributed by atoms with Crippen molar-refractivity contribution in [2.45, 2.75) is 25.3 Å². The molecule has 0 bridgehead atoms. The van der Waals surface area contributed by atoms with Crippen LogP contribution in [-0.4, -0.2) is 35.4 Å². The Morgan fingerprint density at radius 1 is 1.43 bits per heavy atom. The highest BCUT2D eigenvalue weighted by atomic mass is 35.5. The second-order valence-corrected chi connectivity index (χ2v) is 6.81. The van der Waals surface area contributed by atoms with E-state index in [1.165, 1.54) is 10.8 Å². The van der Waals surface area contributed by atoms with Gasteiger partial charge in [0.25, 0.3) is 0 Å². The molecule has 28 heavy (non-hydrogen) atoms. The summed E-state index contributed by atoms with van der Waals surface area (Å²) in [5.41, 5.74) is 5.55. The van der Waals surface area contributed by atoms with Gasteiger partial charge in [-0.15, -0.1) is 12.4 Å². The van der Waals surface area contributed by atoms with Gasteiger partial charge in [-0.05, 0) is 30.9 Å². The molecule has 3 aromatic rings. The van der Waals surface area contributed by atoms with E-state index >= 15 is 0 Å². The van der Waals surface area contributed by atoms with Gasteiger partial charge in [0.2, 0.25) is 5.43 Å². The highest BCUT2D eigenvalue weighted by Gasteiger charge is 2.22. The summed E-state index contributed by atoms with van der Waals surface area (Å²) in [5.74, 6) is -1.80. The molecule has 0 amide bonds. The minimum absolute atomic E-state index is 0. The standard InChI is InChI=1S/C17H14FN5O3S.ClH/c18-12-5-10-15(24)11(17(25)26)7-23(13-6-20-27-22-13)16(10)21-14(12)8-2-1-3-9(19)4-8;/h4-7,9H,1-3,19H2,(H,25,26);1H. The van der Waals surface area contributed by atoms with E-state index < -0.39 is 22.8 Å². The van der Waals surface area contributed by atoms with E-state index in [4.69, 9.17) is 5.73 Å². The number of hydrogen-bond acceptors (Lipinski definition) is 7. The molecule has 3 heterocycles. The normalized spacial score (nSPS) is 16.5. The van der Waals surface area contributed by atoms with Crippen molar-refractivity contribution in [3.05, 3.63) is 51.8 Å². The number of carboxylic acid groups (broad SMARTS) is 1. The van der Waals surface area contributed by atoms with Crippen LogP contribution in [0, 0.1) is 5.82 Å². The fourth-order valence-electron chi connectivity index (χ4n) is 3.19. The third-order valence-corrected chi connectivity index (χ3v) is 4.93. The molecule has 8 nitrogen and oxygen atoms in total. The Balaban J connectivity index is 0.00000225. The largest absolute Gasteiger partial charge is 0.477 e. The molecule has 4 rings (SSSR count). The highest BCUT2D eigenvalue weighted by molar-refractivity contribution is 6.99. The molecule has 1 atom stereocenters. The van der Waals surface area contributed by atoms with E-state index in [0.717, 1.165) is 36.8 Å². The summed E-state index contributed by atoms with van der Waals surface area (Å²) in [6.45, 7) is 0. The molecule has 11 heteroatoms. The zero-order valence-electron chi connectivity index (χ0n) is 14.3. The molecule has 1 aliphatic rings. The van der Waals surface area contributed by atoms with Crippen molar-refractivity contribution in [2.24, 2.45) is 5.73 Å². The summed E-state index contributed by atoms with van der Waals surface area (Å²) < 4.78 is 24.1. The van der Waals surface area contributed by atoms with Crippen molar-refractivity contribution in [1.82, 2.24) is 18.3 Å². The first-order valence-corrected chi connectivity index (χ1v) is 8.92. The summed E-state index contributed by atoms with van der Waals surface area (Å²) in [6, 6.07) is 0.855. The molecule has 0 saturated heterocycles. The Labute approximate surface area is 168 Å². The van der Waals surface area contributed by atoms with E-state index in [1.807, 2.05) is 0 Å².